The Hall–Kier alpha value is -1.93. The van der Waals surface area contributed by atoms with E-state index in [-0.39, 0.29) is 25.3 Å². The number of nitrogens with zero attached hydrogens (tertiary/aromatic N) is 3. The zero-order valence-electron chi connectivity index (χ0n) is 11.2. The van der Waals surface area contributed by atoms with Crippen LogP contribution in [0.4, 0.5) is 23.5 Å². The van der Waals surface area contributed by atoms with Crippen LogP contribution in [0.3, 0.4) is 0 Å². The van der Waals surface area contributed by atoms with Crippen LogP contribution in [-0.4, -0.2) is 45.6 Å². The molecule has 1 saturated heterocycles. The van der Waals surface area contributed by atoms with E-state index >= 15 is 0 Å². The van der Waals surface area contributed by atoms with Crippen LogP contribution < -0.4 is 5.32 Å². The van der Waals surface area contributed by atoms with E-state index in [4.69, 9.17) is 0 Å². The van der Waals surface area contributed by atoms with Crippen molar-refractivity contribution in [2.75, 3.05) is 11.9 Å². The van der Waals surface area contributed by atoms with Crippen molar-refractivity contribution in [3.63, 3.8) is 0 Å². The number of hydrogen-bond acceptors (Lipinski definition) is 4. The van der Waals surface area contributed by atoms with Crippen LogP contribution in [0, 0.1) is 5.82 Å². The molecule has 9 heteroatoms. The summed E-state index contributed by atoms with van der Waals surface area (Å²) >= 11 is 0. The van der Waals surface area contributed by atoms with Crippen LogP contribution in [0.25, 0.3) is 0 Å². The van der Waals surface area contributed by atoms with Crippen LogP contribution >= 0.6 is 0 Å². The van der Waals surface area contributed by atoms with E-state index < -0.39 is 30.0 Å². The maximum absolute atomic E-state index is 12.9. The summed E-state index contributed by atoms with van der Waals surface area (Å²) in [6, 6.07) is -2.17. The van der Waals surface area contributed by atoms with Gasteiger partial charge in [0.1, 0.15) is 6.04 Å². The third-order valence-electron chi connectivity index (χ3n) is 3.32. The Morgan fingerprint density at radius 1 is 1.33 bits per heavy atom. The first-order chi connectivity index (χ1) is 9.77. The second-order valence-corrected chi connectivity index (χ2v) is 4.87. The minimum absolute atomic E-state index is 0.0970. The van der Waals surface area contributed by atoms with Gasteiger partial charge in [0.15, 0.2) is 5.82 Å². The first-order valence-electron chi connectivity index (χ1n) is 6.35. The summed E-state index contributed by atoms with van der Waals surface area (Å²) in [5.41, 5.74) is 0. The highest BCUT2D eigenvalue weighted by Gasteiger charge is 2.47. The average Bonchev–Trinajstić information content (AvgIpc) is 2.40. The Morgan fingerprint density at radius 2 is 1.95 bits per heavy atom. The lowest BCUT2D eigenvalue weighted by Crippen LogP contribution is -2.55. The van der Waals surface area contributed by atoms with Crippen LogP contribution in [0.1, 0.15) is 19.8 Å². The van der Waals surface area contributed by atoms with Gasteiger partial charge < -0.3 is 10.2 Å². The highest BCUT2D eigenvalue weighted by molar-refractivity contribution is 5.74. The number of amides is 1. The molecule has 0 radical (unpaired) electrons. The third-order valence-corrected chi connectivity index (χ3v) is 3.32. The first kappa shape index (κ1) is 15.5. The van der Waals surface area contributed by atoms with Crippen molar-refractivity contribution in [3.05, 3.63) is 18.2 Å². The van der Waals surface area contributed by atoms with Crippen molar-refractivity contribution < 1.29 is 22.4 Å². The molecule has 0 aliphatic carbocycles. The molecule has 1 amide bonds. The van der Waals surface area contributed by atoms with E-state index in [1.54, 1.807) is 0 Å². The summed E-state index contributed by atoms with van der Waals surface area (Å²) in [5.74, 6) is -1.12. The summed E-state index contributed by atoms with van der Waals surface area (Å²) in [4.78, 5) is 19.6. The van der Waals surface area contributed by atoms with Gasteiger partial charge in [-0.05, 0) is 12.8 Å². The molecule has 1 aliphatic heterocycles. The maximum Gasteiger partial charge on any atom is 0.408 e. The number of halogens is 4. The lowest BCUT2D eigenvalue weighted by atomic mass is 9.97. The zero-order valence-corrected chi connectivity index (χ0v) is 11.2. The van der Waals surface area contributed by atoms with Crippen LogP contribution in [0.15, 0.2) is 12.4 Å². The Balaban J connectivity index is 2.05. The van der Waals surface area contributed by atoms with Crippen molar-refractivity contribution in [1.82, 2.24) is 14.9 Å². The van der Waals surface area contributed by atoms with Gasteiger partial charge in [-0.2, -0.15) is 13.2 Å². The lowest BCUT2D eigenvalue weighted by Gasteiger charge is -2.40. The minimum Gasteiger partial charge on any atom is -0.350 e. The summed E-state index contributed by atoms with van der Waals surface area (Å²) in [6.45, 7) is 1.01. The largest absolute Gasteiger partial charge is 0.408 e. The SMILES string of the molecule is CC(=O)N1CC(Nc2ncc(F)cn2)CCC1C(F)(F)F. The molecule has 2 rings (SSSR count). The monoisotopic (exact) mass is 306 g/mol. The first-order valence-corrected chi connectivity index (χ1v) is 6.35. The van der Waals surface area contributed by atoms with Gasteiger partial charge in [0.05, 0.1) is 12.4 Å². The molecule has 2 atom stereocenters. The van der Waals surface area contributed by atoms with E-state index in [1.165, 1.54) is 0 Å². The third kappa shape index (κ3) is 3.79. The molecule has 5 nitrogen and oxygen atoms in total. The minimum atomic E-state index is -4.44. The molecule has 1 aromatic heterocycles. The summed E-state index contributed by atoms with van der Waals surface area (Å²) < 4.78 is 51.3. The Kier molecular flexibility index (Phi) is 4.29. The predicted molar refractivity (Wildman–Crippen MR) is 65.9 cm³/mol. The second kappa shape index (κ2) is 5.82. The van der Waals surface area contributed by atoms with Gasteiger partial charge >= 0.3 is 6.18 Å². The lowest BCUT2D eigenvalue weighted by molar-refractivity contribution is -0.195. The van der Waals surface area contributed by atoms with Crippen LogP contribution in [-0.2, 0) is 4.79 Å². The Morgan fingerprint density at radius 3 is 2.48 bits per heavy atom. The smallest absolute Gasteiger partial charge is 0.350 e. The van der Waals surface area contributed by atoms with E-state index in [0.29, 0.717) is 0 Å². The molecular weight excluding hydrogens is 292 g/mol. The molecule has 1 N–H and O–H groups in total. The number of hydrogen-bond donors (Lipinski definition) is 1. The highest BCUT2D eigenvalue weighted by atomic mass is 19.4. The highest BCUT2D eigenvalue weighted by Crippen LogP contribution is 2.32. The summed E-state index contributed by atoms with van der Waals surface area (Å²) in [7, 11) is 0. The van der Waals surface area contributed by atoms with Crippen LogP contribution in [0.2, 0.25) is 0 Å². The van der Waals surface area contributed by atoms with Crippen molar-refractivity contribution in [2.45, 2.75) is 38.0 Å². The fourth-order valence-electron chi connectivity index (χ4n) is 2.35. The predicted octanol–water partition coefficient (Wildman–Crippen LogP) is 1.97. The fourth-order valence-corrected chi connectivity index (χ4v) is 2.35. The molecular formula is C12H14F4N4O. The van der Waals surface area contributed by atoms with E-state index in [1.807, 2.05) is 0 Å². The van der Waals surface area contributed by atoms with Gasteiger partial charge in [-0.3, -0.25) is 4.79 Å². The Bertz CT molecular complexity index is 505. The molecule has 0 bridgehead atoms. The number of anilines is 1. The number of carbonyl (C=O) groups excluding carboxylic acids is 1. The number of aromatic nitrogens is 2. The number of likely N-dealkylation sites (tertiary alicyclic amines) is 1. The number of nitrogens with one attached hydrogen (secondary N) is 1. The number of piperidine rings is 1. The molecule has 2 unspecified atom stereocenters. The van der Waals surface area contributed by atoms with Crippen molar-refractivity contribution in [1.29, 1.82) is 0 Å². The normalized spacial score (nSPS) is 23.0. The second-order valence-electron chi connectivity index (χ2n) is 4.87. The molecule has 1 aromatic rings. The summed E-state index contributed by atoms with van der Waals surface area (Å²) in [5, 5.41) is 2.81. The molecule has 21 heavy (non-hydrogen) atoms. The van der Waals surface area contributed by atoms with Gasteiger partial charge in [-0.1, -0.05) is 0 Å². The summed E-state index contributed by atoms with van der Waals surface area (Å²) in [6.07, 6.45) is -2.50. The number of carbonyl (C=O) groups is 1. The van der Waals surface area contributed by atoms with E-state index in [9.17, 15) is 22.4 Å². The zero-order chi connectivity index (χ0) is 15.6. The van der Waals surface area contributed by atoms with Gasteiger partial charge in [-0.15, -0.1) is 0 Å². The molecule has 0 aromatic carbocycles. The Labute approximate surface area is 118 Å². The van der Waals surface area contributed by atoms with Crippen molar-refractivity contribution in [3.8, 4) is 0 Å². The molecule has 116 valence electrons. The fraction of sp³-hybridized carbons (Fsp3) is 0.583. The van der Waals surface area contributed by atoms with Crippen LogP contribution in [0.5, 0.6) is 0 Å². The average molecular weight is 306 g/mol. The van der Waals surface area contributed by atoms with Crippen molar-refractivity contribution in [2.24, 2.45) is 0 Å². The maximum atomic E-state index is 12.9. The van der Waals surface area contributed by atoms with Crippen molar-refractivity contribution >= 4 is 11.9 Å². The quantitative estimate of drug-likeness (QED) is 0.849. The van der Waals surface area contributed by atoms with Gasteiger partial charge in [0.25, 0.3) is 0 Å². The molecule has 0 spiro atoms. The molecule has 0 saturated carbocycles. The van der Waals surface area contributed by atoms with Gasteiger partial charge in [0, 0.05) is 19.5 Å². The number of alkyl halides is 3. The van der Waals surface area contributed by atoms with E-state index in [2.05, 4.69) is 15.3 Å². The topological polar surface area (TPSA) is 58.1 Å². The molecule has 1 fully saturated rings. The van der Waals surface area contributed by atoms with Gasteiger partial charge in [0.2, 0.25) is 11.9 Å². The molecule has 1 aliphatic rings. The van der Waals surface area contributed by atoms with E-state index in [0.717, 1.165) is 24.2 Å². The number of rotatable bonds is 2. The molecule has 2 heterocycles. The van der Waals surface area contributed by atoms with Gasteiger partial charge in [-0.25, -0.2) is 14.4 Å². The standard InChI is InChI=1S/C12H14F4N4O/c1-7(21)20-6-9(2-3-10(20)12(14,15)16)19-11-17-4-8(13)5-18-11/h4-5,9-10H,2-3,6H2,1H3,(H,17,18,19).